The lowest BCUT2D eigenvalue weighted by molar-refractivity contribution is -0.127. The summed E-state index contributed by atoms with van der Waals surface area (Å²) >= 11 is 0. The van der Waals surface area contributed by atoms with Crippen molar-refractivity contribution in [3.8, 4) is 0 Å². The third kappa shape index (κ3) is 7.53. The fourth-order valence-electron chi connectivity index (χ4n) is 6.51. The van der Waals surface area contributed by atoms with Crippen LogP contribution in [0.3, 0.4) is 0 Å². The van der Waals surface area contributed by atoms with Crippen LogP contribution in [0.4, 0.5) is 0 Å². The normalized spacial score (nSPS) is 16.7. The summed E-state index contributed by atoms with van der Waals surface area (Å²) in [5.74, 6) is 0.247. The molecule has 0 saturated carbocycles. The lowest BCUT2D eigenvalue weighted by Crippen LogP contribution is -2.37. The van der Waals surface area contributed by atoms with Gasteiger partial charge in [0.2, 0.25) is 11.8 Å². The Morgan fingerprint density at radius 3 is 1.37 bits per heavy atom. The molecule has 4 aromatic carbocycles. The predicted molar refractivity (Wildman–Crippen MR) is 182 cm³/mol. The Bertz CT molecular complexity index is 1540. The number of hydrogen-bond acceptors (Lipinski definition) is 4. The molecule has 2 N–H and O–H groups in total. The van der Waals surface area contributed by atoms with Crippen LogP contribution in [0.15, 0.2) is 122 Å². The van der Waals surface area contributed by atoms with E-state index in [4.69, 9.17) is 0 Å². The first-order chi connectivity index (χ1) is 22.4. The molecule has 2 aliphatic heterocycles. The Hall–Kier alpha value is -4.78. The van der Waals surface area contributed by atoms with Crippen LogP contribution in [0.1, 0.15) is 56.3 Å². The molecule has 2 atom stereocenters. The second-order valence-electron chi connectivity index (χ2n) is 11.8. The summed E-state index contributed by atoms with van der Waals surface area (Å²) in [7, 11) is 0. The summed E-state index contributed by atoms with van der Waals surface area (Å²) in [5, 5.41) is 18.4. The quantitative estimate of drug-likeness (QED) is 0.247. The highest BCUT2D eigenvalue weighted by Crippen LogP contribution is 2.36. The third-order valence-corrected chi connectivity index (χ3v) is 8.88. The van der Waals surface area contributed by atoms with Crippen LogP contribution < -0.4 is 0 Å². The second kappa shape index (κ2) is 15.5. The van der Waals surface area contributed by atoms with Crippen molar-refractivity contribution < 1.29 is 19.8 Å². The smallest absolute Gasteiger partial charge is 0.246 e. The van der Waals surface area contributed by atoms with E-state index in [2.05, 4.69) is 61.7 Å². The van der Waals surface area contributed by atoms with Gasteiger partial charge in [-0.05, 0) is 69.5 Å². The van der Waals surface area contributed by atoms with Crippen molar-refractivity contribution in [2.24, 2.45) is 0 Å². The molecule has 2 amide bonds. The zero-order chi connectivity index (χ0) is 32.5. The van der Waals surface area contributed by atoms with Crippen LogP contribution in [0.25, 0.3) is 0 Å². The van der Waals surface area contributed by atoms with Gasteiger partial charge in [-0.2, -0.15) is 0 Å². The first kappa shape index (κ1) is 32.6. The highest BCUT2D eigenvalue weighted by atomic mass is 16.3. The van der Waals surface area contributed by atoms with E-state index >= 15 is 0 Å². The van der Waals surface area contributed by atoms with Crippen molar-refractivity contribution in [1.29, 1.82) is 0 Å². The summed E-state index contributed by atoms with van der Waals surface area (Å²) in [6.45, 7) is 10.1. The molecule has 2 heterocycles. The highest BCUT2D eigenvalue weighted by Gasteiger charge is 2.29. The second-order valence-corrected chi connectivity index (χ2v) is 11.8. The van der Waals surface area contributed by atoms with Crippen LogP contribution in [0.2, 0.25) is 0 Å². The first-order valence-electron chi connectivity index (χ1n) is 15.8. The number of benzene rings is 4. The number of hydrogen-bond donors (Lipinski definition) is 2. The number of amides is 2. The van der Waals surface area contributed by atoms with Crippen molar-refractivity contribution in [3.05, 3.63) is 167 Å². The van der Waals surface area contributed by atoms with E-state index in [0.29, 0.717) is 39.0 Å². The predicted octanol–water partition coefficient (Wildman–Crippen LogP) is 5.76. The Balaban J connectivity index is 0.000000181. The maximum Gasteiger partial charge on any atom is 0.246 e. The molecule has 2 aliphatic rings. The molecule has 0 spiro atoms. The largest absolute Gasteiger partial charge is 0.396 e. The summed E-state index contributed by atoms with van der Waals surface area (Å²) in [6.07, 6.45) is 4.08. The Morgan fingerprint density at radius 1 is 0.630 bits per heavy atom. The number of aliphatic hydroxyl groups excluding tert-OH is 2. The molecule has 0 fully saturated rings. The zero-order valence-electron chi connectivity index (χ0n) is 26.2. The van der Waals surface area contributed by atoms with E-state index in [1.54, 1.807) is 0 Å². The van der Waals surface area contributed by atoms with Crippen LogP contribution in [0, 0.1) is 0 Å². The van der Waals surface area contributed by atoms with Gasteiger partial charge in [0.25, 0.3) is 0 Å². The molecule has 0 radical (unpaired) electrons. The lowest BCUT2D eigenvalue weighted by atomic mass is 9.83. The van der Waals surface area contributed by atoms with Crippen molar-refractivity contribution in [3.63, 3.8) is 0 Å². The maximum atomic E-state index is 12.1. The molecule has 0 aromatic heterocycles. The van der Waals surface area contributed by atoms with E-state index in [1.807, 2.05) is 58.3 Å². The van der Waals surface area contributed by atoms with E-state index in [-0.39, 0.29) is 36.9 Å². The molecule has 6 heteroatoms. The Labute approximate surface area is 271 Å². The minimum Gasteiger partial charge on any atom is -0.396 e. The molecular formula is C40H42N2O4. The minimum absolute atomic E-state index is 0.0315. The molecular weight excluding hydrogens is 572 g/mol. The average molecular weight is 615 g/mol. The Morgan fingerprint density at radius 2 is 1.02 bits per heavy atom. The summed E-state index contributed by atoms with van der Waals surface area (Å²) in [6, 6.07) is 33.1. The van der Waals surface area contributed by atoms with Gasteiger partial charge in [0.1, 0.15) is 0 Å². The van der Waals surface area contributed by atoms with Gasteiger partial charge in [0, 0.05) is 51.2 Å². The van der Waals surface area contributed by atoms with Crippen molar-refractivity contribution in [2.45, 2.75) is 37.8 Å². The molecule has 4 aromatic rings. The number of carbonyl (C=O) groups excluding carboxylic acids is 2. The molecule has 0 bridgehead atoms. The van der Waals surface area contributed by atoms with E-state index in [1.165, 1.54) is 45.5 Å². The average Bonchev–Trinajstić information content (AvgIpc) is 3.11. The van der Waals surface area contributed by atoms with Crippen LogP contribution in [0.5, 0.6) is 0 Å². The van der Waals surface area contributed by atoms with E-state index in [0.717, 1.165) is 11.1 Å². The molecule has 46 heavy (non-hydrogen) atoms. The summed E-state index contributed by atoms with van der Waals surface area (Å²) < 4.78 is 0. The molecule has 236 valence electrons. The Kier molecular flexibility index (Phi) is 11.0. The SMILES string of the molecule is C=CC(=O)N1Cc2ccc(CCO)cc2[C@@H](c2ccccc2)C1.C=CC(=O)N1Cc2ccc(CCO)cc2[C@H](c2ccccc2)C1. The summed E-state index contributed by atoms with van der Waals surface area (Å²) in [4.78, 5) is 27.9. The van der Waals surface area contributed by atoms with Gasteiger partial charge in [0.05, 0.1) is 0 Å². The highest BCUT2D eigenvalue weighted by molar-refractivity contribution is 5.87. The van der Waals surface area contributed by atoms with Gasteiger partial charge in [-0.25, -0.2) is 0 Å². The maximum absolute atomic E-state index is 12.1. The zero-order valence-corrected chi connectivity index (χ0v) is 26.2. The fraction of sp³-hybridized carbons (Fsp3) is 0.250. The topological polar surface area (TPSA) is 81.1 Å². The number of carbonyl (C=O) groups is 2. The van der Waals surface area contributed by atoms with Gasteiger partial charge in [0.15, 0.2) is 0 Å². The molecule has 0 saturated heterocycles. The fourth-order valence-corrected chi connectivity index (χ4v) is 6.51. The number of aliphatic hydroxyl groups is 2. The first-order valence-corrected chi connectivity index (χ1v) is 15.8. The number of fused-ring (bicyclic) bond motifs is 2. The molecule has 0 unspecified atom stereocenters. The van der Waals surface area contributed by atoms with Crippen LogP contribution in [-0.4, -0.2) is 58.1 Å². The lowest BCUT2D eigenvalue weighted by Gasteiger charge is -2.35. The molecule has 6 nitrogen and oxygen atoms in total. The monoisotopic (exact) mass is 614 g/mol. The van der Waals surface area contributed by atoms with Gasteiger partial charge in [-0.3, -0.25) is 9.59 Å². The van der Waals surface area contributed by atoms with Crippen molar-refractivity contribution in [1.82, 2.24) is 9.80 Å². The van der Waals surface area contributed by atoms with Crippen LogP contribution in [-0.2, 0) is 35.5 Å². The molecule has 6 rings (SSSR count). The number of rotatable bonds is 8. The van der Waals surface area contributed by atoms with Crippen molar-refractivity contribution >= 4 is 11.8 Å². The van der Waals surface area contributed by atoms with Gasteiger partial charge >= 0.3 is 0 Å². The van der Waals surface area contributed by atoms with Gasteiger partial charge in [-0.15, -0.1) is 0 Å². The van der Waals surface area contributed by atoms with E-state index in [9.17, 15) is 19.8 Å². The van der Waals surface area contributed by atoms with Crippen LogP contribution >= 0.6 is 0 Å². The van der Waals surface area contributed by atoms with E-state index < -0.39 is 0 Å². The summed E-state index contributed by atoms with van der Waals surface area (Å²) in [5.41, 5.74) is 9.54. The van der Waals surface area contributed by atoms with Gasteiger partial charge in [-0.1, -0.05) is 110 Å². The number of nitrogens with zero attached hydrogens (tertiary/aromatic N) is 2. The standard InChI is InChI=1S/2C20H21NO2/c2*1-2-20(23)21-13-17-9-8-15(10-11-22)12-18(17)19(14-21)16-6-4-3-5-7-16/h2*2-9,12,19,22H,1,10-11,13-14H2/t2*19-/m10/s1. The third-order valence-electron chi connectivity index (χ3n) is 8.88. The van der Waals surface area contributed by atoms with Crippen molar-refractivity contribution in [2.75, 3.05) is 26.3 Å². The molecule has 0 aliphatic carbocycles. The van der Waals surface area contributed by atoms with Gasteiger partial charge < -0.3 is 20.0 Å². The minimum atomic E-state index is -0.0315.